The number of thiazole rings is 1. The average molecular weight is 359 g/mol. The summed E-state index contributed by atoms with van der Waals surface area (Å²) >= 11 is 1.42. The maximum absolute atomic E-state index is 11.5. The quantitative estimate of drug-likeness (QED) is 0.671. The van der Waals surface area contributed by atoms with Crippen molar-refractivity contribution in [2.75, 3.05) is 6.26 Å². The number of carbonyl (C=O) groups excluding carboxylic acids is 1. The minimum atomic E-state index is -1.40. The summed E-state index contributed by atoms with van der Waals surface area (Å²) in [5.74, 6) is -1.14. The number of nitrogens with zero attached hydrogens (tertiary/aromatic N) is 1. The molecule has 7 nitrogen and oxygen atoms in total. The molecule has 1 fully saturated rings. The number of carboxylic acid groups (broad SMARTS) is 1. The highest BCUT2D eigenvalue weighted by atomic mass is 32.2. The number of hydrogen-bond donors (Lipinski definition) is 3. The number of carbonyl (C=O) groups is 2. The third-order valence-corrected chi connectivity index (χ3v) is 5.69. The third-order valence-electron chi connectivity index (χ3n) is 3.85. The van der Waals surface area contributed by atoms with E-state index in [2.05, 4.69) is 15.0 Å². The van der Waals surface area contributed by atoms with Crippen molar-refractivity contribution < 1.29 is 18.9 Å². The predicted molar refractivity (Wildman–Crippen MR) is 88.4 cm³/mol. The maximum atomic E-state index is 11.5. The molecular formula is C14H21N3O4S2. The molecule has 3 N–H and O–H groups in total. The summed E-state index contributed by atoms with van der Waals surface area (Å²) in [4.78, 5) is 28.0. The molecule has 0 bridgehead atoms. The highest BCUT2D eigenvalue weighted by molar-refractivity contribution is 7.82. The maximum Gasteiger partial charge on any atom is 0.322 e. The Morgan fingerprint density at radius 2 is 2.13 bits per heavy atom. The number of nitrogens with one attached hydrogen (secondary N) is 2. The Kier molecular flexibility index (Phi) is 5.88. The van der Waals surface area contributed by atoms with Gasteiger partial charge in [-0.15, -0.1) is 11.3 Å². The lowest BCUT2D eigenvalue weighted by atomic mass is 9.98. The molecule has 1 aromatic rings. The molecule has 2 rings (SSSR count). The smallest absolute Gasteiger partial charge is 0.322 e. The van der Waals surface area contributed by atoms with Crippen LogP contribution in [0.5, 0.6) is 0 Å². The standard InChI is InChI=1S/C14H21N3O4S2/c1-9(18)16-14(5-3-4-6-14)13-15-8-10(22-13)7-11(12(19)20)17-23(2)21/h8,11,17H,3-7H2,1-2H3,(H,16,18)(H,19,20). The van der Waals surface area contributed by atoms with Crippen LogP contribution in [0.4, 0.5) is 0 Å². The van der Waals surface area contributed by atoms with Gasteiger partial charge < -0.3 is 10.4 Å². The molecule has 2 atom stereocenters. The van der Waals surface area contributed by atoms with Gasteiger partial charge in [-0.05, 0) is 12.8 Å². The molecule has 0 radical (unpaired) electrons. The van der Waals surface area contributed by atoms with E-state index >= 15 is 0 Å². The first-order valence-corrected chi connectivity index (χ1v) is 9.76. The molecule has 0 saturated heterocycles. The van der Waals surface area contributed by atoms with E-state index in [1.54, 1.807) is 6.20 Å². The van der Waals surface area contributed by atoms with E-state index in [0.29, 0.717) is 0 Å². The molecular weight excluding hydrogens is 338 g/mol. The number of hydrogen-bond acceptors (Lipinski definition) is 5. The minimum absolute atomic E-state index is 0.0879. The van der Waals surface area contributed by atoms with Crippen LogP contribution in [0.25, 0.3) is 0 Å². The van der Waals surface area contributed by atoms with Crippen molar-refractivity contribution >= 4 is 34.2 Å². The van der Waals surface area contributed by atoms with Gasteiger partial charge in [0.05, 0.1) is 16.5 Å². The third kappa shape index (κ3) is 4.58. The van der Waals surface area contributed by atoms with Gasteiger partial charge in [-0.3, -0.25) is 9.59 Å². The molecule has 23 heavy (non-hydrogen) atoms. The first-order chi connectivity index (χ1) is 10.8. The van der Waals surface area contributed by atoms with Crippen molar-refractivity contribution in [2.24, 2.45) is 0 Å². The predicted octanol–water partition coefficient (Wildman–Crippen LogP) is 0.927. The Bertz CT molecular complexity index is 611. The zero-order valence-electron chi connectivity index (χ0n) is 13.1. The van der Waals surface area contributed by atoms with Crippen molar-refractivity contribution in [1.82, 2.24) is 15.0 Å². The van der Waals surface area contributed by atoms with Gasteiger partial charge in [0, 0.05) is 30.7 Å². The van der Waals surface area contributed by atoms with Crippen molar-refractivity contribution in [1.29, 1.82) is 0 Å². The highest BCUT2D eigenvalue weighted by Gasteiger charge is 2.39. The fourth-order valence-corrected chi connectivity index (χ4v) is 4.66. The van der Waals surface area contributed by atoms with Crippen LogP contribution in [-0.4, -0.2) is 38.5 Å². The second-order valence-corrected chi connectivity index (χ2v) is 8.03. The monoisotopic (exact) mass is 359 g/mol. The summed E-state index contributed by atoms with van der Waals surface area (Å²) in [7, 11) is -1.40. The number of carboxylic acids is 1. The van der Waals surface area contributed by atoms with E-state index < -0.39 is 28.5 Å². The van der Waals surface area contributed by atoms with Gasteiger partial charge in [-0.25, -0.2) is 13.9 Å². The van der Waals surface area contributed by atoms with Gasteiger partial charge in [-0.2, -0.15) is 0 Å². The Labute approximate surface area is 141 Å². The summed E-state index contributed by atoms with van der Waals surface area (Å²) in [5.41, 5.74) is -0.422. The van der Waals surface area contributed by atoms with Gasteiger partial charge in [0.15, 0.2) is 0 Å². The average Bonchev–Trinajstić information content (AvgIpc) is 3.06. The van der Waals surface area contributed by atoms with E-state index in [9.17, 15) is 18.9 Å². The van der Waals surface area contributed by atoms with Crippen LogP contribution in [0.15, 0.2) is 6.20 Å². The summed E-state index contributed by atoms with van der Waals surface area (Å²) in [6.45, 7) is 1.50. The molecule has 0 aliphatic heterocycles. The molecule has 2 unspecified atom stereocenters. The molecule has 0 aromatic carbocycles. The van der Waals surface area contributed by atoms with Gasteiger partial charge in [0.25, 0.3) is 0 Å². The Morgan fingerprint density at radius 3 is 2.65 bits per heavy atom. The van der Waals surface area contributed by atoms with Crippen LogP contribution < -0.4 is 10.0 Å². The number of aromatic nitrogens is 1. The van der Waals surface area contributed by atoms with Crippen molar-refractivity contribution in [3.05, 3.63) is 16.1 Å². The topological polar surface area (TPSA) is 108 Å². The molecule has 9 heteroatoms. The van der Waals surface area contributed by atoms with Gasteiger partial charge in [0.1, 0.15) is 11.0 Å². The Morgan fingerprint density at radius 1 is 1.48 bits per heavy atom. The molecule has 128 valence electrons. The largest absolute Gasteiger partial charge is 0.480 e. The summed E-state index contributed by atoms with van der Waals surface area (Å²) in [6, 6.07) is -0.922. The van der Waals surface area contributed by atoms with E-state index in [-0.39, 0.29) is 12.3 Å². The Hall–Kier alpha value is -1.32. The fraction of sp³-hybridized carbons (Fsp3) is 0.643. The summed E-state index contributed by atoms with van der Waals surface area (Å²) in [5, 5.41) is 13.0. The molecule has 1 saturated carbocycles. The minimum Gasteiger partial charge on any atom is -0.480 e. The van der Waals surface area contributed by atoms with Crippen LogP contribution in [0.3, 0.4) is 0 Å². The SMILES string of the molecule is CC(=O)NC1(c2ncc(CC(NS(C)=O)C(=O)O)s2)CCCC1. The van der Waals surface area contributed by atoms with Crippen molar-refractivity contribution in [2.45, 2.75) is 50.6 Å². The molecule has 1 amide bonds. The number of aliphatic carboxylic acids is 1. The van der Waals surface area contributed by atoms with Gasteiger partial charge >= 0.3 is 5.97 Å². The second kappa shape index (κ2) is 7.50. The van der Waals surface area contributed by atoms with Crippen molar-refractivity contribution in [3.8, 4) is 0 Å². The molecule has 1 aromatic heterocycles. The van der Waals surface area contributed by atoms with Gasteiger partial charge in [0.2, 0.25) is 5.91 Å². The molecule has 1 heterocycles. The molecule has 1 aliphatic rings. The van der Waals surface area contributed by atoms with Crippen molar-refractivity contribution in [3.63, 3.8) is 0 Å². The van der Waals surface area contributed by atoms with E-state index in [1.807, 2.05) is 0 Å². The zero-order chi connectivity index (χ0) is 17.0. The highest BCUT2D eigenvalue weighted by Crippen LogP contribution is 2.40. The second-order valence-electron chi connectivity index (χ2n) is 5.77. The van der Waals surface area contributed by atoms with Crippen LogP contribution in [-0.2, 0) is 32.5 Å². The van der Waals surface area contributed by atoms with E-state index in [0.717, 1.165) is 35.6 Å². The van der Waals surface area contributed by atoms with E-state index in [4.69, 9.17) is 0 Å². The molecule has 1 aliphatic carbocycles. The first kappa shape index (κ1) is 18.0. The van der Waals surface area contributed by atoms with Crippen LogP contribution in [0, 0.1) is 0 Å². The zero-order valence-corrected chi connectivity index (χ0v) is 14.8. The lowest BCUT2D eigenvalue weighted by Gasteiger charge is -2.27. The van der Waals surface area contributed by atoms with Crippen LogP contribution >= 0.6 is 11.3 Å². The van der Waals surface area contributed by atoms with Crippen LogP contribution in [0.2, 0.25) is 0 Å². The normalized spacial score (nSPS) is 19.2. The summed E-state index contributed by atoms with van der Waals surface area (Å²) in [6.07, 6.45) is 7.02. The lowest BCUT2D eigenvalue weighted by molar-refractivity contribution is -0.138. The fourth-order valence-electron chi connectivity index (χ4n) is 2.91. The number of amides is 1. The van der Waals surface area contributed by atoms with E-state index in [1.165, 1.54) is 24.5 Å². The number of rotatable bonds is 7. The lowest BCUT2D eigenvalue weighted by Crippen LogP contribution is -2.42. The van der Waals surface area contributed by atoms with Crippen LogP contribution in [0.1, 0.15) is 42.5 Å². The first-order valence-electron chi connectivity index (χ1n) is 7.39. The summed E-state index contributed by atoms with van der Waals surface area (Å²) < 4.78 is 13.7. The Balaban J connectivity index is 2.16. The van der Waals surface area contributed by atoms with Gasteiger partial charge in [-0.1, -0.05) is 12.8 Å². The molecule has 0 spiro atoms.